The maximum absolute atomic E-state index is 2.53. The highest BCUT2D eigenvalue weighted by molar-refractivity contribution is 6.31. The highest BCUT2D eigenvalue weighted by atomic mass is 15.0. The molecule has 0 radical (unpaired) electrons. The van der Waals surface area contributed by atoms with Crippen LogP contribution in [0.4, 0.5) is 0 Å². The molecule has 12 rings (SSSR count). The van der Waals surface area contributed by atoms with Gasteiger partial charge in [0, 0.05) is 32.6 Å². The fourth-order valence-electron chi connectivity index (χ4n) is 9.15. The third-order valence-corrected chi connectivity index (χ3v) is 11.2. The number of rotatable bonds is 2. The van der Waals surface area contributed by atoms with E-state index in [0.29, 0.717) is 0 Å². The van der Waals surface area contributed by atoms with Crippen LogP contribution in [0, 0.1) is 0 Å². The topological polar surface area (TPSA) is 9.86 Å². The predicted octanol–water partition coefficient (Wildman–Crippen LogP) is 13.0. The van der Waals surface area contributed by atoms with Gasteiger partial charge in [-0.15, -0.1) is 0 Å². The molecule has 0 saturated carbocycles. The van der Waals surface area contributed by atoms with Gasteiger partial charge in [0.1, 0.15) is 0 Å². The molecule has 0 unspecified atom stereocenters. The van der Waals surface area contributed by atoms with Crippen molar-refractivity contribution in [3.63, 3.8) is 0 Å². The Hall–Kier alpha value is -6.64. The zero-order valence-corrected chi connectivity index (χ0v) is 27.1. The van der Waals surface area contributed by atoms with Crippen molar-refractivity contribution in [1.82, 2.24) is 9.13 Å². The SMILES string of the molecule is c1ccc2c(c1)-c1cccc3c(-n4c5ccc6ccccc6c5c5c4ccc4c6ccccc6n(-c6ccc7ccccc7c6)c45)ccc-2c13. The van der Waals surface area contributed by atoms with Gasteiger partial charge in [-0.25, -0.2) is 0 Å². The quantitative estimate of drug-likeness (QED) is 0.179. The summed E-state index contributed by atoms with van der Waals surface area (Å²) in [6, 6.07) is 63.0. The van der Waals surface area contributed by atoms with E-state index in [4.69, 9.17) is 0 Å². The fraction of sp³-hybridized carbons (Fsp3) is 0. The number of benzene rings is 9. The van der Waals surface area contributed by atoms with Gasteiger partial charge in [0.05, 0.1) is 27.8 Å². The Morgan fingerprint density at radius 2 is 0.940 bits per heavy atom. The molecule has 1 aliphatic carbocycles. The van der Waals surface area contributed by atoms with Crippen molar-refractivity contribution in [3.05, 3.63) is 170 Å². The van der Waals surface area contributed by atoms with Crippen molar-refractivity contribution in [2.24, 2.45) is 0 Å². The lowest BCUT2D eigenvalue weighted by Crippen LogP contribution is -1.96. The predicted molar refractivity (Wildman–Crippen MR) is 212 cm³/mol. The molecule has 0 aliphatic heterocycles. The third-order valence-electron chi connectivity index (χ3n) is 11.2. The number of hydrogen-bond donors (Lipinski definition) is 0. The summed E-state index contributed by atoms with van der Waals surface area (Å²) in [5, 5.41) is 12.7. The van der Waals surface area contributed by atoms with E-state index in [9.17, 15) is 0 Å². The normalized spacial score (nSPS) is 12.4. The van der Waals surface area contributed by atoms with Crippen LogP contribution in [0.2, 0.25) is 0 Å². The van der Waals surface area contributed by atoms with E-state index in [-0.39, 0.29) is 0 Å². The van der Waals surface area contributed by atoms with Crippen molar-refractivity contribution in [3.8, 4) is 33.6 Å². The van der Waals surface area contributed by atoms with Crippen LogP contribution < -0.4 is 0 Å². The molecule has 230 valence electrons. The van der Waals surface area contributed by atoms with Gasteiger partial charge >= 0.3 is 0 Å². The lowest BCUT2D eigenvalue weighted by molar-refractivity contribution is 1.19. The van der Waals surface area contributed by atoms with Crippen molar-refractivity contribution < 1.29 is 0 Å². The van der Waals surface area contributed by atoms with E-state index in [2.05, 4.69) is 179 Å². The van der Waals surface area contributed by atoms with E-state index in [1.54, 1.807) is 0 Å². The van der Waals surface area contributed by atoms with Crippen molar-refractivity contribution in [2.75, 3.05) is 0 Å². The second kappa shape index (κ2) is 9.49. The maximum atomic E-state index is 2.53. The number of para-hydroxylation sites is 1. The summed E-state index contributed by atoms with van der Waals surface area (Å²) >= 11 is 0. The molecule has 2 nitrogen and oxygen atoms in total. The largest absolute Gasteiger partial charge is 0.309 e. The van der Waals surface area contributed by atoms with Gasteiger partial charge in [0.25, 0.3) is 0 Å². The van der Waals surface area contributed by atoms with Crippen LogP contribution in [-0.2, 0) is 0 Å². The first-order chi connectivity index (χ1) is 24.8. The monoisotopic (exact) mass is 632 g/mol. The van der Waals surface area contributed by atoms with Crippen LogP contribution in [0.15, 0.2) is 170 Å². The van der Waals surface area contributed by atoms with Crippen molar-refractivity contribution >= 4 is 75.9 Å². The molecular weight excluding hydrogens is 605 g/mol. The average molecular weight is 633 g/mol. The summed E-state index contributed by atoms with van der Waals surface area (Å²) in [6.07, 6.45) is 0. The summed E-state index contributed by atoms with van der Waals surface area (Å²) in [5.74, 6) is 0. The molecule has 0 N–H and O–H groups in total. The van der Waals surface area contributed by atoms with Gasteiger partial charge in [0.15, 0.2) is 0 Å². The summed E-state index contributed by atoms with van der Waals surface area (Å²) in [7, 11) is 0. The van der Waals surface area contributed by atoms with E-state index in [1.807, 2.05) is 0 Å². The molecule has 2 heterocycles. The van der Waals surface area contributed by atoms with Crippen LogP contribution >= 0.6 is 0 Å². The average Bonchev–Trinajstić information content (AvgIpc) is 3.82. The summed E-state index contributed by atoms with van der Waals surface area (Å²) in [4.78, 5) is 0. The molecule has 50 heavy (non-hydrogen) atoms. The Balaban J connectivity index is 1.29. The van der Waals surface area contributed by atoms with E-state index < -0.39 is 0 Å². The Morgan fingerprint density at radius 3 is 1.82 bits per heavy atom. The van der Waals surface area contributed by atoms with Crippen molar-refractivity contribution in [2.45, 2.75) is 0 Å². The minimum atomic E-state index is 1.17. The molecule has 2 aromatic heterocycles. The Kier molecular flexibility index (Phi) is 5.00. The minimum Gasteiger partial charge on any atom is -0.309 e. The van der Waals surface area contributed by atoms with Crippen LogP contribution in [0.5, 0.6) is 0 Å². The van der Waals surface area contributed by atoms with E-state index in [1.165, 1.54) is 110 Å². The van der Waals surface area contributed by atoms with Crippen LogP contribution in [0.3, 0.4) is 0 Å². The molecule has 11 aromatic rings. The van der Waals surface area contributed by atoms with Crippen LogP contribution in [0.1, 0.15) is 0 Å². The van der Waals surface area contributed by atoms with Gasteiger partial charge in [-0.2, -0.15) is 0 Å². The standard InChI is InChI=1S/C48H28N2/c1-2-12-31-28-32(22-20-29(31)10-1)49-41-19-8-7-16-36(41)39-24-27-44-47(48(39)49)46-33-13-4-3-11-30(33)21-25-43(46)50(44)42-26-23-38-35-15-6-5-14-34(35)37-17-9-18-40(42)45(37)38/h1-28H. The molecule has 0 fully saturated rings. The molecular formula is C48H28N2. The lowest BCUT2D eigenvalue weighted by atomic mass is 10.0. The number of aromatic nitrogens is 2. The second-order valence-electron chi connectivity index (χ2n) is 13.7. The Bertz CT molecular complexity index is 3230. The summed E-state index contributed by atoms with van der Waals surface area (Å²) in [5.41, 5.74) is 12.6. The molecule has 1 aliphatic rings. The zero-order chi connectivity index (χ0) is 32.5. The molecule has 9 aromatic carbocycles. The molecule has 0 bridgehead atoms. The zero-order valence-electron chi connectivity index (χ0n) is 27.1. The summed E-state index contributed by atoms with van der Waals surface area (Å²) in [6.45, 7) is 0. The molecule has 0 spiro atoms. The number of fused-ring (bicyclic) bond motifs is 13. The van der Waals surface area contributed by atoms with E-state index in [0.717, 1.165) is 0 Å². The van der Waals surface area contributed by atoms with E-state index >= 15 is 0 Å². The first-order valence-corrected chi connectivity index (χ1v) is 17.4. The highest BCUT2D eigenvalue weighted by Gasteiger charge is 2.26. The van der Waals surface area contributed by atoms with Gasteiger partial charge in [-0.1, -0.05) is 133 Å². The minimum absolute atomic E-state index is 1.17. The molecule has 2 heteroatoms. The van der Waals surface area contributed by atoms with Crippen molar-refractivity contribution in [1.29, 1.82) is 0 Å². The van der Waals surface area contributed by atoms with Gasteiger partial charge < -0.3 is 9.13 Å². The molecule has 0 atom stereocenters. The van der Waals surface area contributed by atoms with Gasteiger partial charge in [0.2, 0.25) is 0 Å². The first kappa shape index (κ1) is 26.3. The van der Waals surface area contributed by atoms with Crippen LogP contribution in [0.25, 0.3) is 110 Å². The molecule has 0 amide bonds. The third kappa shape index (κ3) is 3.28. The maximum Gasteiger partial charge on any atom is 0.0641 e. The smallest absolute Gasteiger partial charge is 0.0641 e. The second-order valence-corrected chi connectivity index (χ2v) is 13.7. The highest BCUT2D eigenvalue weighted by Crippen LogP contribution is 2.50. The first-order valence-electron chi connectivity index (χ1n) is 17.4. The fourth-order valence-corrected chi connectivity index (χ4v) is 9.15. The van der Waals surface area contributed by atoms with Crippen LogP contribution in [-0.4, -0.2) is 9.13 Å². The summed E-state index contributed by atoms with van der Waals surface area (Å²) < 4.78 is 5.04. The number of nitrogens with zero attached hydrogens (tertiary/aromatic N) is 2. The Labute approximate surface area is 287 Å². The van der Waals surface area contributed by atoms with Gasteiger partial charge in [-0.05, 0) is 85.6 Å². The number of hydrogen-bond acceptors (Lipinski definition) is 0. The van der Waals surface area contributed by atoms with Gasteiger partial charge in [-0.3, -0.25) is 0 Å². The lowest BCUT2D eigenvalue weighted by Gasteiger charge is -2.14. The molecule has 0 saturated heterocycles. The Morgan fingerprint density at radius 1 is 0.300 bits per heavy atom.